The lowest BCUT2D eigenvalue weighted by Crippen LogP contribution is -2.47. The van der Waals surface area contributed by atoms with Gasteiger partial charge in [0.05, 0.1) is 11.6 Å². The second-order valence-corrected chi connectivity index (χ2v) is 5.28. The van der Waals surface area contributed by atoms with E-state index in [1.165, 1.54) is 0 Å². The van der Waals surface area contributed by atoms with Crippen molar-refractivity contribution in [3.05, 3.63) is 35.1 Å². The first-order chi connectivity index (χ1) is 10.8. The summed E-state index contributed by atoms with van der Waals surface area (Å²) in [6, 6.07) is 1.52. The zero-order valence-electron chi connectivity index (χ0n) is 12.6. The SMILES string of the molecule is CC(C)C[C@H](NC(=O)c1cc(F)cc(F)c1F)C(=O)NCC#N. The average molecular weight is 327 g/mol. The molecule has 0 unspecified atom stereocenters. The minimum atomic E-state index is -1.50. The summed E-state index contributed by atoms with van der Waals surface area (Å²) >= 11 is 0. The molecular formula is C15H16F3N3O2. The van der Waals surface area contributed by atoms with E-state index in [0.29, 0.717) is 12.1 Å². The molecule has 2 amide bonds. The molecule has 0 radical (unpaired) electrons. The monoisotopic (exact) mass is 327 g/mol. The largest absolute Gasteiger partial charge is 0.341 e. The Balaban J connectivity index is 2.97. The molecule has 0 bridgehead atoms. The molecule has 1 aromatic carbocycles. The lowest BCUT2D eigenvalue weighted by Gasteiger charge is -2.19. The van der Waals surface area contributed by atoms with Crippen LogP contribution in [-0.2, 0) is 4.79 Å². The molecule has 1 aromatic rings. The van der Waals surface area contributed by atoms with Crippen LogP contribution in [0.4, 0.5) is 13.2 Å². The van der Waals surface area contributed by atoms with Gasteiger partial charge >= 0.3 is 0 Å². The molecule has 0 heterocycles. The van der Waals surface area contributed by atoms with E-state index >= 15 is 0 Å². The first kappa shape index (κ1) is 18.5. The number of hydrogen-bond donors (Lipinski definition) is 2. The van der Waals surface area contributed by atoms with Gasteiger partial charge in [-0.05, 0) is 18.4 Å². The molecular weight excluding hydrogens is 311 g/mol. The Bertz CT molecular complexity index is 642. The highest BCUT2D eigenvalue weighted by Crippen LogP contribution is 2.15. The van der Waals surface area contributed by atoms with Crippen molar-refractivity contribution in [1.29, 1.82) is 5.26 Å². The summed E-state index contributed by atoms with van der Waals surface area (Å²) in [4.78, 5) is 23.9. The number of rotatable bonds is 6. The summed E-state index contributed by atoms with van der Waals surface area (Å²) in [5.74, 6) is -5.84. The highest BCUT2D eigenvalue weighted by atomic mass is 19.2. The molecule has 0 saturated carbocycles. The molecule has 1 rings (SSSR count). The van der Waals surface area contributed by atoms with E-state index in [0.717, 1.165) is 0 Å². The van der Waals surface area contributed by atoms with E-state index in [9.17, 15) is 22.8 Å². The van der Waals surface area contributed by atoms with E-state index in [1.54, 1.807) is 19.9 Å². The molecule has 1 atom stereocenters. The lowest BCUT2D eigenvalue weighted by atomic mass is 10.0. The predicted molar refractivity (Wildman–Crippen MR) is 75.6 cm³/mol. The highest BCUT2D eigenvalue weighted by molar-refractivity contribution is 5.97. The fourth-order valence-corrected chi connectivity index (χ4v) is 1.91. The predicted octanol–water partition coefficient (Wildman–Crippen LogP) is 1.89. The minimum absolute atomic E-state index is 0.00206. The Morgan fingerprint density at radius 2 is 1.91 bits per heavy atom. The Morgan fingerprint density at radius 1 is 1.26 bits per heavy atom. The van der Waals surface area contributed by atoms with Crippen molar-refractivity contribution in [2.45, 2.75) is 26.3 Å². The zero-order chi connectivity index (χ0) is 17.6. The number of benzene rings is 1. The van der Waals surface area contributed by atoms with Crippen molar-refractivity contribution in [3.63, 3.8) is 0 Å². The molecule has 0 saturated heterocycles. The van der Waals surface area contributed by atoms with Crippen LogP contribution < -0.4 is 10.6 Å². The van der Waals surface area contributed by atoms with Crippen LogP contribution in [0.1, 0.15) is 30.6 Å². The Morgan fingerprint density at radius 3 is 2.48 bits per heavy atom. The Labute approximate surface area is 131 Å². The number of nitrogens with one attached hydrogen (secondary N) is 2. The normalized spacial score (nSPS) is 11.7. The summed E-state index contributed by atoms with van der Waals surface area (Å²) in [5, 5.41) is 13.0. The molecule has 0 aliphatic heterocycles. The van der Waals surface area contributed by atoms with Gasteiger partial charge in [0.25, 0.3) is 5.91 Å². The van der Waals surface area contributed by atoms with E-state index < -0.39 is 40.9 Å². The first-order valence-corrected chi connectivity index (χ1v) is 6.86. The van der Waals surface area contributed by atoms with Crippen LogP contribution >= 0.6 is 0 Å². The van der Waals surface area contributed by atoms with E-state index in [-0.39, 0.29) is 18.9 Å². The topological polar surface area (TPSA) is 82.0 Å². The summed E-state index contributed by atoms with van der Waals surface area (Å²) in [6.45, 7) is 3.32. The van der Waals surface area contributed by atoms with Gasteiger partial charge in [-0.15, -0.1) is 0 Å². The molecule has 2 N–H and O–H groups in total. The smallest absolute Gasteiger partial charge is 0.255 e. The minimum Gasteiger partial charge on any atom is -0.341 e. The second kappa shape index (κ2) is 8.17. The molecule has 0 aromatic heterocycles. The summed E-state index contributed by atoms with van der Waals surface area (Å²) < 4.78 is 39.9. The van der Waals surface area contributed by atoms with Gasteiger partial charge in [0, 0.05) is 6.07 Å². The van der Waals surface area contributed by atoms with Crippen LogP contribution in [0.15, 0.2) is 12.1 Å². The molecule has 0 aliphatic rings. The van der Waals surface area contributed by atoms with Crippen LogP contribution in [0.2, 0.25) is 0 Å². The Kier molecular flexibility index (Phi) is 6.57. The van der Waals surface area contributed by atoms with E-state index in [2.05, 4.69) is 10.6 Å². The maximum absolute atomic E-state index is 13.6. The molecule has 0 fully saturated rings. The quantitative estimate of drug-likeness (QED) is 0.618. The summed E-state index contributed by atoms with van der Waals surface area (Å²) in [6.07, 6.45) is 0.211. The third kappa shape index (κ3) is 5.29. The molecule has 0 spiro atoms. The molecule has 5 nitrogen and oxygen atoms in total. The van der Waals surface area contributed by atoms with Crippen molar-refractivity contribution >= 4 is 11.8 Å². The van der Waals surface area contributed by atoms with Gasteiger partial charge < -0.3 is 10.6 Å². The summed E-state index contributed by atoms with van der Waals surface area (Å²) in [5.41, 5.74) is -0.829. The Hall–Kier alpha value is -2.56. The van der Waals surface area contributed by atoms with Crippen molar-refractivity contribution in [2.24, 2.45) is 5.92 Å². The van der Waals surface area contributed by atoms with Gasteiger partial charge in [0.15, 0.2) is 11.6 Å². The molecule has 124 valence electrons. The highest BCUT2D eigenvalue weighted by Gasteiger charge is 2.25. The third-order valence-corrected chi connectivity index (χ3v) is 2.91. The first-order valence-electron chi connectivity index (χ1n) is 6.86. The van der Waals surface area contributed by atoms with Crippen LogP contribution in [-0.4, -0.2) is 24.4 Å². The summed E-state index contributed by atoms with van der Waals surface area (Å²) in [7, 11) is 0. The van der Waals surface area contributed by atoms with Gasteiger partial charge in [0.2, 0.25) is 5.91 Å². The molecule has 8 heteroatoms. The lowest BCUT2D eigenvalue weighted by molar-refractivity contribution is -0.123. The van der Waals surface area contributed by atoms with E-state index in [1.807, 2.05) is 0 Å². The van der Waals surface area contributed by atoms with Gasteiger partial charge in [0.1, 0.15) is 18.4 Å². The molecule has 23 heavy (non-hydrogen) atoms. The van der Waals surface area contributed by atoms with Crippen LogP contribution in [0.3, 0.4) is 0 Å². The second-order valence-electron chi connectivity index (χ2n) is 5.28. The fourth-order valence-electron chi connectivity index (χ4n) is 1.91. The van der Waals surface area contributed by atoms with E-state index in [4.69, 9.17) is 5.26 Å². The third-order valence-electron chi connectivity index (χ3n) is 2.91. The van der Waals surface area contributed by atoms with Crippen LogP contribution in [0.25, 0.3) is 0 Å². The van der Waals surface area contributed by atoms with Gasteiger partial charge in [-0.1, -0.05) is 13.8 Å². The molecule has 0 aliphatic carbocycles. The van der Waals surface area contributed by atoms with Crippen molar-refractivity contribution in [2.75, 3.05) is 6.54 Å². The number of carbonyl (C=O) groups excluding carboxylic acids is 2. The van der Waals surface area contributed by atoms with Crippen LogP contribution in [0.5, 0.6) is 0 Å². The zero-order valence-corrected chi connectivity index (χ0v) is 12.6. The van der Waals surface area contributed by atoms with Crippen molar-refractivity contribution in [1.82, 2.24) is 10.6 Å². The standard InChI is InChI=1S/C15H16F3N3O2/c1-8(2)5-12(15(23)20-4-3-19)21-14(22)10-6-9(16)7-11(17)13(10)18/h6-8,12H,4-5H2,1-2H3,(H,20,23)(H,21,22)/t12-/m0/s1. The fraction of sp³-hybridized carbons (Fsp3) is 0.400. The van der Waals surface area contributed by atoms with Crippen molar-refractivity contribution < 1.29 is 22.8 Å². The van der Waals surface area contributed by atoms with Crippen molar-refractivity contribution in [3.8, 4) is 6.07 Å². The number of halogens is 3. The number of nitriles is 1. The van der Waals surface area contributed by atoms with Gasteiger partial charge in [-0.2, -0.15) is 5.26 Å². The van der Waals surface area contributed by atoms with Gasteiger partial charge in [-0.25, -0.2) is 13.2 Å². The van der Waals surface area contributed by atoms with Gasteiger partial charge in [-0.3, -0.25) is 9.59 Å². The number of hydrogen-bond acceptors (Lipinski definition) is 3. The van der Waals surface area contributed by atoms with Crippen LogP contribution in [0, 0.1) is 34.7 Å². The average Bonchev–Trinajstić information content (AvgIpc) is 2.47. The number of amides is 2. The maximum Gasteiger partial charge on any atom is 0.255 e. The maximum atomic E-state index is 13.6. The number of nitrogens with zero attached hydrogens (tertiary/aromatic N) is 1. The number of carbonyl (C=O) groups is 2.